The molecule has 1 aromatic heterocycles. The van der Waals surface area contributed by atoms with Crippen LogP contribution in [0.4, 0.5) is 0 Å². The Balaban J connectivity index is 2.18. The standard InChI is InChI=1S/C15H18N2O2S/c1-4-10(3)11-6-8-12(9-7-11)13-16-14(20-17-13)15(18)19-5-2/h6-10H,4-5H2,1-3H3. The monoisotopic (exact) mass is 290 g/mol. The fourth-order valence-corrected chi connectivity index (χ4v) is 2.39. The van der Waals surface area contributed by atoms with E-state index in [1.807, 2.05) is 12.1 Å². The quantitative estimate of drug-likeness (QED) is 0.784. The van der Waals surface area contributed by atoms with Crippen LogP contribution in [0.3, 0.4) is 0 Å². The van der Waals surface area contributed by atoms with Crippen LogP contribution in [0.5, 0.6) is 0 Å². The first-order chi connectivity index (χ1) is 9.65. The lowest BCUT2D eigenvalue weighted by molar-refractivity contribution is 0.0526. The van der Waals surface area contributed by atoms with Gasteiger partial charge in [-0.15, -0.1) is 0 Å². The molecule has 1 aromatic carbocycles. The van der Waals surface area contributed by atoms with Gasteiger partial charge in [0.15, 0.2) is 5.82 Å². The van der Waals surface area contributed by atoms with E-state index in [2.05, 4.69) is 35.3 Å². The highest BCUT2D eigenvalue weighted by atomic mass is 32.1. The van der Waals surface area contributed by atoms with Crippen molar-refractivity contribution in [3.63, 3.8) is 0 Å². The predicted molar refractivity (Wildman–Crippen MR) is 80.0 cm³/mol. The Morgan fingerprint density at radius 2 is 2.00 bits per heavy atom. The first kappa shape index (κ1) is 14.7. The summed E-state index contributed by atoms with van der Waals surface area (Å²) in [6.07, 6.45) is 1.11. The molecule has 0 amide bonds. The highest BCUT2D eigenvalue weighted by Gasteiger charge is 2.14. The zero-order valence-electron chi connectivity index (χ0n) is 11.9. The van der Waals surface area contributed by atoms with Gasteiger partial charge >= 0.3 is 5.97 Å². The van der Waals surface area contributed by atoms with Crippen molar-refractivity contribution in [1.29, 1.82) is 0 Å². The third kappa shape index (κ3) is 3.22. The fraction of sp³-hybridized carbons (Fsp3) is 0.400. The molecule has 106 valence electrons. The van der Waals surface area contributed by atoms with Crippen LogP contribution in [0.25, 0.3) is 11.4 Å². The Morgan fingerprint density at radius 3 is 2.60 bits per heavy atom. The van der Waals surface area contributed by atoms with Gasteiger partial charge in [0, 0.05) is 5.56 Å². The summed E-state index contributed by atoms with van der Waals surface area (Å²) in [6, 6.07) is 8.18. The van der Waals surface area contributed by atoms with Gasteiger partial charge in [0.05, 0.1) is 6.61 Å². The van der Waals surface area contributed by atoms with Crippen LogP contribution >= 0.6 is 11.5 Å². The lowest BCUT2D eigenvalue weighted by atomic mass is 9.97. The number of hydrogen-bond donors (Lipinski definition) is 0. The zero-order valence-corrected chi connectivity index (χ0v) is 12.7. The molecule has 2 aromatic rings. The number of ether oxygens (including phenoxy) is 1. The van der Waals surface area contributed by atoms with E-state index in [0.29, 0.717) is 23.4 Å². The summed E-state index contributed by atoms with van der Waals surface area (Å²) >= 11 is 1.07. The van der Waals surface area contributed by atoms with Crippen LogP contribution in [-0.2, 0) is 4.74 Å². The Labute approximate surface area is 123 Å². The maximum absolute atomic E-state index is 11.6. The number of carbonyl (C=O) groups excluding carboxylic acids is 1. The third-order valence-corrected chi connectivity index (χ3v) is 3.92. The predicted octanol–water partition coefficient (Wildman–Crippen LogP) is 3.90. The SMILES string of the molecule is CCOC(=O)c1nc(-c2ccc(C(C)CC)cc2)ns1. The molecule has 2 rings (SSSR count). The largest absolute Gasteiger partial charge is 0.461 e. The second-order valence-electron chi connectivity index (χ2n) is 4.57. The first-order valence-corrected chi connectivity index (χ1v) is 7.54. The molecule has 1 atom stereocenters. The molecular formula is C15H18N2O2S. The number of nitrogens with zero attached hydrogens (tertiary/aromatic N) is 2. The van der Waals surface area contributed by atoms with Gasteiger partial charge in [-0.2, -0.15) is 4.37 Å². The maximum atomic E-state index is 11.6. The maximum Gasteiger partial charge on any atom is 0.369 e. The van der Waals surface area contributed by atoms with Crippen molar-refractivity contribution in [2.24, 2.45) is 0 Å². The lowest BCUT2D eigenvalue weighted by Gasteiger charge is -2.08. The summed E-state index contributed by atoms with van der Waals surface area (Å²) in [7, 11) is 0. The number of esters is 1. The van der Waals surface area contributed by atoms with Crippen LogP contribution in [0.1, 0.15) is 48.5 Å². The molecule has 0 N–H and O–H groups in total. The Morgan fingerprint density at radius 1 is 1.30 bits per heavy atom. The number of carbonyl (C=O) groups is 1. The topological polar surface area (TPSA) is 52.1 Å². The molecule has 0 radical (unpaired) electrons. The molecule has 20 heavy (non-hydrogen) atoms. The smallest absolute Gasteiger partial charge is 0.369 e. The van der Waals surface area contributed by atoms with Gasteiger partial charge in [-0.05, 0) is 36.4 Å². The zero-order chi connectivity index (χ0) is 14.5. The number of benzene rings is 1. The summed E-state index contributed by atoms with van der Waals surface area (Å²) in [5, 5.41) is 0.299. The fourth-order valence-electron chi connectivity index (χ4n) is 1.81. The number of hydrogen-bond acceptors (Lipinski definition) is 5. The van der Waals surface area contributed by atoms with E-state index >= 15 is 0 Å². The van der Waals surface area contributed by atoms with E-state index in [4.69, 9.17) is 4.74 Å². The van der Waals surface area contributed by atoms with Gasteiger partial charge in [0.25, 0.3) is 0 Å². The average Bonchev–Trinajstić information content (AvgIpc) is 2.97. The summed E-state index contributed by atoms with van der Waals surface area (Å²) < 4.78 is 9.13. The van der Waals surface area contributed by atoms with Gasteiger partial charge < -0.3 is 4.74 Å². The van der Waals surface area contributed by atoms with Gasteiger partial charge in [-0.25, -0.2) is 9.78 Å². The molecule has 0 saturated carbocycles. The lowest BCUT2D eigenvalue weighted by Crippen LogP contribution is -2.03. The van der Waals surface area contributed by atoms with E-state index in [1.165, 1.54) is 5.56 Å². The summed E-state index contributed by atoms with van der Waals surface area (Å²) in [4.78, 5) is 15.8. The molecule has 1 unspecified atom stereocenters. The van der Waals surface area contributed by atoms with Crippen molar-refractivity contribution in [3.05, 3.63) is 34.8 Å². The van der Waals surface area contributed by atoms with Crippen molar-refractivity contribution < 1.29 is 9.53 Å². The van der Waals surface area contributed by atoms with Crippen molar-refractivity contribution >= 4 is 17.5 Å². The molecule has 0 fully saturated rings. The molecule has 0 saturated heterocycles. The van der Waals surface area contributed by atoms with Crippen LogP contribution < -0.4 is 0 Å². The van der Waals surface area contributed by atoms with Crippen LogP contribution in [-0.4, -0.2) is 21.9 Å². The second-order valence-corrected chi connectivity index (χ2v) is 5.33. The van der Waals surface area contributed by atoms with Gasteiger partial charge in [-0.1, -0.05) is 38.1 Å². The van der Waals surface area contributed by atoms with Crippen molar-refractivity contribution in [2.45, 2.75) is 33.1 Å². The molecule has 0 aliphatic heterocycles. The third-order valence-electron chi connectivity index (χ3n) is 3.23. The second kappa shape index (κ2) is 6.61. The molecule has 0 bridgehead atoms. The van der Waals surface area contributed by atoms with Crippen molar-refractivity contribution in [3.8, 4) is 11.4 Å². The Bertz CT molecular complexity index is 578. The summed E-state index contributed by atoms with van der Waals surface area (Å²) in [5.74, 6) is 0.712. The molecule has 0 aliphatic rings. The first-order valence-electron chi connectivity index (χ1n) is 6.76. The number of rotatable bonds is 5. The average molecular weight is 290 g/mol. The van der Waals surface area contributed by atoms with Crippen molar-refractivity contribution in [2.75, 3.05) is 6.61 Å². The minimum atomic E-state index is -0.410. The molecule has 1 heterocycles. The molecule has 0 spiro atoms. The Hall–Kier alpha value is -1.75. The van der Waals surface area contributed by atoms with Crippen molar-refractivity contribution in [1.82, 2.24) is 9.36 Å². The minimum Gasteiger partial charge on any atom is -0.461 e. The molecule has 0 aliphatic carbocycles. The van der Waals surface area contributed by atoms with Gasteiger partial charge in [-0.3, -0.25) is 0 Å². The summed E-state index contributed by atoms with van der Waals surface area (Å²) in [5.41, 5.74) is 2.22. The summed E-state index contributed by atoms with van der Waals surface area (Å²) in [6.45, 7) is 6.49. The van der Waals surface area contributed by atoms with Crippen LogP contribution in [0.2, 0.25) is 0 Å². The molecular weight excluding hydrogens is 272 g/mol. The van der Waals surface area contributed by atoms with Gasteiger partial charge in [0.1, 0.15) is 0 Å². The minimum absolute atomic E-state index is 0.299. The van der Waals surface area contributed by atoms with E-state index in [-0.39, 0.29) is 0 Å². The molecule has 4 nitrogen and oxygen atoms in total. The van der Waals surface area contributed by atoms with Crippen LogP contribution in [0.15, 0.2) is 24.3 Å². The Kier molecular flexibility index (Phi) is 4.84. The van der Waals surface area contributed by atoms with Gasteiger partial charge in [0.2, 0.25) is 5.01 Å². The van der Waals surface area contributed by atoms with Crippen LogP contribution in [0, 0.1) is 0 Å². The highest BCUT2D eigenvalue weighted by Crippen LogP contribution is 2.23. The molecule has 5 heteroatoms. The normalized spacial score (nSPS) is 12.2. The number of aromatic nitrogens is 2. The van der Waals surface area contributed by atoms with E-state index < -0.39 is 5.97 Å². The van der Waals surface area contributed by atoms with E-state index in [1.54, 1.807) is 6.92 Å². The van der Waals surface area contributed by atoms with E-state index in [9.17, 15) is 4.79 Å². The highest BCUT2D eigenvalue weighted by molar-refractivity contribution is 7.07. The van der Waals surface area contributed by atoms with E-state index in [0.717, 1.165) is 23.5 Å².